The topological polar surface area (TPSA) is 237 Å². The Morgan fingerprint density at radius 1 is 0.311 bits per heavy atom. The number of hydrogen-bond acceptors (Lipinski definition) is 15. The van der Waals surface area contributed by atoms with Gasteiger partial charge in [0.1, 0.15) is 19.3 Å². The largest absolute Gasteiger partial charge is 0.472 e. The average Bonchev–Trinajstić information content (AvgIpc) is 3.67. The number of phosphoric acid groups is 2. The molecule has 0 heterocycles. The van der Waals surface area contributed by atoms with Crippen molar-refractivity contribution in [3.05, 3.63) is 0 Å². The van der Waals surface area contributed by atoms with E-state index >= 15 is 0 Å². The van der Waals surface area contributed by atoms with Crippen LogP contribution in [0.3, 0.4) is 0 Å². The van der Waals surface area contributed by atoms with Gasteiger partial charge in [0.25, 0.3) is 0 Å². The zero-order chi connectivity index (χ0) is 66.8. The number of phosphoric ester groups is 2. The van der Waals surface area contributed by atoms with Gasteiger partial charge in [-0.25, -0.2) is 9.13 Å². The number of carbonyl (C=O) groups is 4. The summed E-state index contributed by atoms with van der Waals surface area (Å²) in [6, 6.07) is 0. The Balaban J connectivity index is 5.26. The molecule has 3 N–H and O–H groups in total. The van der Waals surface area contributed by atoms with Gasteiger partial charge in [-0.1, -0.05) is 299 Å². The number of aliphatic hydroxyl groups excluding tert-OH is 1. The minimum absolute atomic E-state index is 0.104. The Bertz CT molecular complexity index is 1790. The molecule has 0 aromatic carbocycles. The molecule has 5 unspecified atom stereocenters. The highest BCUT2D eigenvalue weighted by Crippen LogP contribution is 2.45. The summed E-state index contributed by atoms with van der Waals surface area (Å²) in [4.78, 5) is 72.6. The molecule has 0 aliphatic rings. The van der Waals surface area contributed by atoms with Crippen molar-refractivity contribution in [2.45, 2.75) is 369 Å². The standard InChI is InChI=1S/C71H138O17P2/c1-9-63(7)49-41-33-25-18-20-27-35-43-51-68(73)81-57-66(88-71(76)54-46-38-29-21-19-26-34-42-50-64(8)10-2)59-85-89(77,78)83-55-65(72)56-84-90(79,80)86-60-67(58-82-69(74)52-44-36-30-22-24-32-40-48-62(5)6)87-70(75)53-45-37-28-17-15-13-11-12-14-16-23-31-39-47-61(3)4/h61-67,72H,9-60H2,1-8H3,(H,77,78)(H,79,80)/t63?,64?,65?,66-,67-/m1/s1. The van der Waals surface area contributed by atoms with E-state index in [-0.39, 0.29) is 25.7 Å². The van der Waals surface area contributed by atoms with Crippen LogP contribution in [0.25, 0.3) is 0 Å². The first-order chi connectivity index (χ1) is 43.2. The third-order valence-corrected chi connectivity index (χ3v) is 18.9. The molecule has 17 nitrogen and oxygen atoms in total. The lowest BCUT2D eigenvalue weighted by Gasteiger charge is -2.21. The third kappa shape index (κ3) is 62.2. The van der Waals surface area contributed by atoms with Gasteiger partial charge in [-0.15, -0.1) is 0 Å². The normalized spacial score (nSPS) is 14.9. The van der Waals surface area contributed by atoms with Gasteiger partial charge in [-0.2, -0.15) is 0 Å². The molecular weight excluding hydrogens is 1190 g/mol. The van der Waals surface area contributed by atoms with E-state index in [4.69, 9.17) is 37.0 Å². The van der Waals surface area contributed by atoms with Gasteiger partial charge in [0.2, 0.25) is 0 Å². The SMILES string of the molecule is CCC(C)CCCCCCCCCCC(=O)OC[C@H](COP(=O)(O)OCC(O)COP(=O)(O)OC[C@@H](COC(=O)CCCCCCCCCC(C)C)OC(=O)CCCCCCCCCCCCCCCC(C)C)OC(=O)CCCCCCCCCCC(C)CC. The Kier molecular flexibility index (Phi) is 59.4. The van der Waals surface area contributed by atoms with Crippen LogP contribution in [0.1, 0.15) is 351 Å². The summed E-state index contributed by atoms with van der Waals surface area (Å²) in [6.07, 6.45) is 43.0. The van der Waals surface area contributed by atoms with Gasteiger partial charge in [0.15, 0.2) is 12.2 Å². The molecule has 0 aromatic rings. The zero-order valence-electron chi connectivity index (χ0n) is 58.8. The van der Waals surface area contributed by atoms with Crippen LogP contribution in [-0.4, -0.2) is 96.7 Å². The quantitative estimate of drug-likeness (QED) is 0.0222. The number of aliphatic hydroxyl groups is 1. The van der Waals surface area contributed by atoms with E-state index in [9.17, 15) is 43.2 Å². The predicted octanol–water partition coefficient (Wildman–Crippen LogP) is 20.1. The summed E-state index contributed by atoms with van der Waals surface area (Å²) in [7, 11) is -9.90. The molecule has 90 heavy (non-hydrogen) atoms. The molecule has 0 amide bonds. The summed E-state index contributed by atoms with van der Waals surface area (Å²) in [5, 5.41) is 10.6. The Hall–Kier alpha value is -1.94. The lowest BCUT2D eigenvalue weighted by atomic mass is 9.99. The molecule has 7 atom stereocenters. The van der Waals surface area contributed by atoms with Gasteiger partial charge >= 0.3 is 39.5 Å². The van der Waals surface area contributed by atoms with Crippen molar-refractivity contribution in [2.24, 2.45) is 23.7 Å². The molecule has 534 valence electrons. The molecule has 0 bridgehead atoms. The van der Waals surface area contributed by atoms with Crippen LogP contribution in [0.15, 0.2) is 0 Å². The predicted molar refractivity (Wildman–Crippen MR) is 363 cm³/mol. The maximum atomic E-state index is 13.0. The van der Waals surface area contributed by atoms with Gasteiger partial charge in [0, 0.05) is 25.7 Å². The first kappa shape index (κ1) is 88.1. The lowest BCUT2D eigenvalue weighted by Crippen LogP contribution is -2.30. The highest BCUT2D eigenvalue weighted by molar-refractivity contribution is 7.47. The second-order valence-corrected chi connectivity index (χ2v) is 30.0. The number of esters is 4. The minimum atomic E-state index is -4.95. The molecule has 19 heteroatoms. The van der Waals surface area contributed by atoms with E-state index in [0.29, 0.717) is 31.6 Å². The van der Waals surface area contributed by atoms with E-state index in [1.807, 2.05) is 0 Å². The van der Waals surface area contributed by atoms with Crippen LogP contribution in [-0.2, 0) is 65.4 Å². The third-order valence-electron chi connectivity index (χ3n) is 17.0. The molecule has 0 saturated carbocycles. The smallest absolute Gasteiger partial charge is 0.462 e. The van der Waals surface area contributed by atoms with Gasteiger partial charge < -0.3 is 33.8 Å². The van der Waals surface area contributed by atoms with Crippen LogP contribution in [0.5, 0.6) is 0 Å². The van der Waals surface area contributed by atoms with E-state index in [2.05, 4.69) is 55.4 Å². The Morgan fingerprint density at radius 3 is 0.789 bits per heavy atom. The van der Waals surface area contributed by atoms with E-state index in [1.54, 1.807) is 0 Å². The van der Waals surface area contributed by atoms with E-state index in [0.717, 1.165) is 114 Å². The van der Waals surface area contributed by atoms with Crippen molar-refractivity contribution in [2.75, 3.05) is 39.6 Å². The fraction of sp³-hybridized carbons (Fsp3) is 0.944. The number of ether oxygens (including phenoxy) is 4. The molecule has 0 saturated heterocycles. The summed E-state index contributed by atoms with van der Waals surface area (Å²) in [6.45, 7) is 14.1. The highest BCUT2D eigenvalue weighted by atomic mass is 31.2. The minimum Gasteiger partial charge on any atom is -0.462 e. The monoisotopic (exact) mass is 1320 g/mol. The van der Waals surface area contributed by atoms with Crippen LogP contribution in [0.2, 0.25) is 0 Å². The summed E-state index contributed by atoms with van der Waals surface area (Å²) >= 11 is 0. The average molecular weight is 1330 g/mol. The maximum absolute atomic E-state index is 13.0. The number of unbranched alkanes of at least 4 members (excludes halogenated alkanes) is 32. The fourth-order valence-corrected chi connectivity index (χ4v) is 12.2. The molecule has 0 aliphatic heterocycles. The number of hydrogen-bond donors (Lipinski definition) is 3. The molecule has 0 aliphatic carbocycles. The molecular formula is C71H138O17P2. The van der Waals surface area contributed by atoms with E-state index < -0.39 is 97.5 Å². The van der Waals surface area contributed by atoms with E-state index in [1.165, 1.54) is 148 Å². The van der Waals surface area contributed by atoms with Gasteiger partial charge in [-0.3, -0.25) is 37.3 Å². The number of rotatable bonds is 68. The van der Waals surface area contributed by atoms with Crippen molar-refractivity contribution in [1.82, 2.24) is 0 Å². The fourth-order valence-electron chi connectivity index (χ4n) is 10.6. The Morgan fingerprint density at radius 2 is 0.533 bits per heavy atom. The summed E-state index contributed by atoms with van der Waals surface area (Å²) < 4.78 is 68.3. The molecule has 0 radical (unpaired) electrons. The molecule has 0 rings (SSSR count). The lowest BCUT2D eigenvalue weighted by molar-refractivity contribution is -0.161. The number of carbonyl (C=O) groups excluding carboxylic acids is 4. The van der Waals surface area contributed by atoms with Crippen molar-refractivity contribution < 1.29 is 80.2 Å². The van der Waals surface area contributed by atoms with Crippen LogP contribution < -0.4 is 0 Å². The first-order valence-electron chi connectivity index (χ1n) is 36.8. The first-order valence-corrected chi connectivity index (χ1v) is 39.8. The van der Waals surface area contributed by atoms with Crippen LogP contribution in [0.4, 0.5) is 0 Å². The molecule has 0 spiro atoms. The maximum Gasteiger partial charge on any atom is 0.472 e. The van der Waals surface area contributed by atoms with Gasteiger partial charge in [-0.05, 0) is 49.4 Å². The van der Waals surface area contributed by atoms with Crippen molar-refractivity contribution in [3.63, 3.8) is 0 Å². The summed E-state index contributed by atoms with van der Waals surface area (Å²) in [5.74, 6) is 0.909. The molecule has 0 aromatic heterocycles. The molecule has 0 fully saturated rings. The highest BCUT2D eigenvalue weighted by Gasteiger charge is 2.30. The Labute approximate surface area is 549 Å². The van der Waals surface area contributed by atoms with Crippen LogP contribution >= 0.6 is 15.6 Å². The van der Waals surface area contributed by atoms with Gasteiger partial charge in [0.05, 0.1) is 26.4 Å². The second-order valence-electron chi connectivity index (χ2n) is 27.1. The van der Waals surface area contributed by atoms with Crippen molar-refractivity contribution in [3.8, 4) is 0 Å². The van der Waals surface area contributed by atoms with Crippen molar-refractivity contribution in [1.29, 1.82) is 0 Å². The van der Waals surface area contributed by atoms with Crippen molar-refractivity contribution >= 4 is 39.5 Å². The summed E-state index contributed by atoms with van der Waals surface area (Å²) in [5.41, 5.74) is 0. The van der Waals surface area contributed by atoms with Crippen LogP contribution in [0, 0.1) is 23.7 Å². The zero-order valence-corrected chi connectivity index (χ0v) is 60.6. The second kappa shape index (κ2) is 60.7.